The first-order valence-corrected chi connectivity index (χ1v) is 7.23. The molecule has 0 aliphatic carbocycles. The molecule has 1 N–H and O–H groups in total. The summed E-state index contributed by atoms with van der Waals surface area (Å²) in [5.74, 6) is 1.09. The van der Waals surface area contributed by atoms with Gasteiger partial charge in [-0.3, -0.25) is 0 Å². The molecule has 1 heterocycles. The number of nitrogens with one attached hydrogen (secondary N) is 1. The van der Waals surface area contributed by atoms with Gasteiger partial charge in [-0.15, -0.1) is 0 Å². The van der Waals surface area contributed by atoms with E-state index in [9.17, 15) is 0 Å². The van der Waals surface area contributed by atoms with Gasteiger partial charge >= 0.3 is 0 Å². The Labute approximate surface area is 117 Å². The number of rotatable bonds is 9. The van der Waals surface area contributed by atoms with Crippen molar-refractivity contribution in [2.75, 3.05) is 45.2 Å². The van der Waals surface area contributed by atoms with Gasteiger partial charge in [0.05, 0.1) is 5.69 Å². The zero-order valence-corrected chi connectivity index (χ0v) is 12.8. The minimum atomic E-state index is 0.847. The molecule has 4 heteroatoms. The van der Waals surface area contributed by atoms with E-state index < -0.39 is 0 Å². The van der Waals surface area contributed by atoms with Crippen molar-refractivity contribution >= 4 is 5.82 Å². The second-order valence-corrected chi connectivity index (χ2v) is 5.00. The van der Waals surface area contributed by atoms with Gasteiger partial charge in [-0.1, -0.05) is 13.0 Å². The molecule has 0 amide bonds. The lowest BCUT2D eigenvalue weighted by atomic mass is 10.3. The van der Waals surface area contributed by atoms with Crippen molar-refractivity contribution in [1.82, 2.24) is 15.2 Å². The molecule has 0 aliphatic heterocycles. The highest BCUT2D eigenvalue weighted by molar-refractivity contribution is 5.39. The number of anilines is 1. The molecule has 0 spiro atoms. The first-order valence-electron chi connectivity index (χ1n) is 7.23. The monoisotopic (exact) mass is 264 g/mol. The van der Waals surface area contributed by atoms with Crippen molar-refractivity contribution in [3.63, 3.8) is 0 Å². The van der Waals surface area contributed by atoms with Crippen molar-refractivity contribution in [3.05, 3.63) is 23.9 Å². The zero-order valence-electron chi connectivity index (χ0n) is 12.8. The van der Waals surface area contributed by atoms with E-state index in [1.54, 1.807) is 0 Å². The molecule has 0 radical (unpaired) electrons. The van der Waals surface area contributed by atoms with E-state index in [4.69, 9.17) is 4.98 Å². The van der Waals surface area contributed by atoms with Gasteiger partial charge in [0.25, 0.3) is 0 Å². The van der Waals surface area contributed by atoms with E-state index in [0.717, 1.165) is 44.2 Å². The third-order valence-corrected chi connectivity index (χ3v) is 3.09. The van der Waals surface area contributed by atoms with Crippen molar-refractivity contribution < 1.29 is 0 Å². The van der Waals surface area contributed by atoms with E-state index in [1.165, 1.54) is 6.42 Å². The second-order valence-electron chi connectivity index (χ2n) is 5.00. The van der Waals surface area contributed by atoms with Gasteiger partial charge in [0, 0.05) is 19.6 Å². The lowest BCUT2D eigenvalue weighted by molar-refractivity contribution is 0.400. The van der Waals surface area contributed by atoms with Crippen LogP contribution >= 0.6 is 0 Å². The van der Waals surface area contributed by atoms with Crippen LogP contribution in [-0.4, -0.2) is 50.2 Å². The van der Waals surface area contributed by atoms with E-state index in [1.807, 2.05) is 0 Å². The summed E-state index contributed by atoms with van der Waals surface area (Å²) in [6.45, 7) is 9.31. The lowest BCUT2D eigenvalue weighted by Gasteiger charge is -2.23. The van der Waals surface area contributed by atoms with Gasteiger partial charge in [-0.2, -0.15) is 0 Å². The van der Waals surface area contributed by atoms with Gasteiger partial charge in [-0.25, -0.2) is 4.98 Å². The Morgan fingerprint density at radius 2 is 1.95 bits per heavy atom. The molecule has 1 aromatic heterocycles. The number of pyridine rings is 1. The Kier molecular flexibility index (Phi) is 7.45. The molecule has 0 unspecified atom stereocenters. The third-order valence-electron chi connectivity index (χ3n) is 3.09. The number of nitrogens with zero attached hydrogens (tertiary/aromatic N) is 3. The molecule has 1 aromatic rings. The number of hydrogen-bond acceptors (Lipinski definition) is 4. The Morgan fingerprint density at radius 1 is 1.16 bits per heavy atom. The van der Waals surface area contributed by atoms with Crippen molar-refractivity contribution in [2.24, 2.45) is 0 Å². The fourth-order valence-corrected chi connectivity index (χ4v) is 2.01. The predicted molar refractivity (Wildman–Crippen MR) is 82.7 cm³/mol. The number of hydrogen-bond donors (Lipinski definition) is 1. The highest BCUT2D eigenvalue weighted by Gasteiger charge is 2.06. The molecule has 0 saturated carbocycles. The summed E-state index contributed by atoms with van der Waals surface area (Å²) in [6, 6.07) is 6.29. The maximum Gasteiger partial charge on any atom is 0.128 e. The number of aromatic nitrogens is 1. The maximum absolute atomic E-state index is 4.73. The summed E-state index contributed by atoms with van der Waals surface area (Å²) in [4.78, 5) is 9.30. The maximum atomic E-state index is 4.73. The Balaban J connectivity index is 2.58. The van der Waals surface area contributed by atoms with E-state index in [-0.39, 0.29) is 0 Å². The molecule has 0 aromatic carbocycles. The molecule has 19 heavy (non-hydrogen) atoms. The molecular formula is C15H28N4. The molecule has 0 fully saturated rings. The average Bonchev–Trinajstić information content (AvgIpc) is 2.41. The molecule has 0 saturated heterocycles. The first kappa shape index (κ1) is 15.9. The zero-order chi connectivity index (χ0) is 14.1. The van der Waals surface area contributed by atoms with Crippen LogP contribution in [0.25, 0.3) is 0 Å². The smallest absolute Gasteiger partial charge is 0.128 e. The van der Waals surface area contributed by atoms with Gasteiger partial charge in [0.1, 0.15) is 5.82 Å². The Bertz CT molecular complexity index is 352. The molecule has 108 valence electrons. The van der Waals surface area contributed by atoms with Crippen molar-refractivity contribution in [3.8, 4) is 0 Å². The first-order chi connectivity index (χ1) is 9.17. The topological polar surface area (TPSA) is 31.4 Å². The van der Waals surface area contributed by atoms with Gasteiger partial charge in [0.2, 0.25) is 0 Å². The van der Waals surface area contributed by atoms with Crippen LogP contribution in [0, 0.1) is 0 Å². The average molecular weight is 264 g/mol. The van der Waals surface area contributed by atoms with Gasteiger partial charge in [-0.05, 0) is 52.7 Å². The van der Waals surface area contributed by atoms with Crippen LogP contribution in [0.4, 0.5) is 5.82 Å². The SMILES string of the molecule is CCNCc1cccc(N(CC)CCCN(C)C)n1. The lowest BCUT2D eigenvalue weighted by Crippen LogP contribution is -2.28. The largest absolute Gasteiger partial charge is 0.357 e. The van der Waals surface area contributed by atoms with Crippen LogP contribution in [0.15, 0.2) is 18.2 Å². The predicted octanol–water partition coefficient (Wildman–Crippen LogP) is 1.97. The molecule has 0 bridgehead atoms. The van der Waals surface area contributed by atoms with Crippen LogP contribution in [-0.2, 0) is 6.54 Å². The highest BCUT2D eigenvalue weighted by atomic mass is 15.2. The Morgan fingerprint density at radius 3 is 2.58 bits per heavy atom. The van der Waals surface area contributed by atoms with E-state index in [2.05, 4.69) is 61.3 Å². The fourth-order valence-electron chi connectivity index (χ4n) is 2.01. The van der Waals surface area contributed by atoms with Crippen LogP contribution in [0.3, 0.4) is 0 Å². The summed E-state index contributed by atoms with van der Waals surface area (Å²) in [5, 5.41) is 3.32. The third kappa shape index (κ3) is 6.03. The molecule has 0 aliphatic rings. The summed E-state index contributed by atoms with van der Waals surface area (Å²) in [5.41, 5.74) is 1.12. The summed E-state index contributed by atoms with van der Waals surface area (Å²) in [7, 11) is 4.23. The van der Waals surface area contributed by atoms with Crippen LogP contribution in [0.5, 0.6) is 0 Å². The Hall–Kier alpha value is -1.13. The molecule has 1 rings (SSSR count). The van der Waals surface area contributed by atoms with E-state index in [0.29, 0.717) is 0 Å². The normalized spacial score (nSPS) is 11.0. The molecule has 0 atom stereocenters. The van der Waals surface area contributed by atoms with Gasteiger partial charge in [0.15, 0.2) is 0 Å². The quantitative estimate of drug-likeness (QED) is 0.739. The highest BCUT2D eigenvalue weighted by Crippen LogP contribution is 2.12. The summed E-state index contributed by atoms with van der Waals surface area (Å²) >= 11 is 0. The fraction of sp³-hybridized carbons (Fsp3) is 0.667. The van der Waals surface area contributed by atoms with E-state index >= 15 is 0 Å². The van der Waals surface area contributed by atoms with Crippen molar-refractivity contribution in [1.29, 1.82) is 0 Å². The summed E-state index contributed by atoms with van der Waals surface area (Å²) in [6.07, 6.45) is 1.17. The van der Waals surface area contributed by atoms with Crippen LogP contribution in [0.1, 0.15) is 26.0 Å². The van der Waals surface area contributed by atoms with Crippen LogP contribution in [0.2, 0.25) is 0 Å². The second kappa shape index (κ2) is 8.88. The minimum absolute atomic E-state index is 0.847. The molecule has 4 nitrogen and oxygen atoms in total. The van der Waals surface area contributed by atoms with Crippen molar-refractivity contribution in [2.45, 2.75) is 26.8 Å². The van der Waals surface area contributed by atoms with Crippen LogP contribution < -0.4 is 10.2 Å². The van der Waals surface area contributed by atoms with Gasteiger partial charge < -0.3 is 15.1 Å². The standard InChI is InChI=1S/C15H28N4/c1-5-16-13-14-9-7-10-15(17-14)19(6-2)12-8-11-18(3)4/h7,9-10,16H,5-6,8,11-13H2,1-4H3. The molecular weight excluding hydrogens is 236 g/mol. The minimum Gasteiger partial charge on any atom is -0.357 e. The summed E-state index contributed by atoms with van der Waals surface area (Å²) < 4.78 is 0.